The lowest BCUT2D eigenvalue weighted by Crippen LogP contribution is -2.20. The number of benzene rings is 1. The Labute approximate surface area is 111 Å². The summed E-state index contributed by atoms with van der Waals surface area (Å²) in [5, 5.41) is 0. The van der Waals surface area contributed by atoms with Crippen LogP contribution < -0.4 is 4.74 Å². The molecule has 0 N–H and O–H groups in total. The monoisotopic (exact) mass is 350 g/mol. The van der Waals surface area contributed by atoms with Crippen LogP contribution in [-0.2, 0) is 9.53 Å². The topological polar surface area (TPSA) is 35.5 Å². The van der Waals surface area contributed by atoms with Crippen molar-refractivity contribution >= 4 is 37.8 Å². The predicted molar refractivity (Wildman–Crippen MR) is 69.4 cm³/mol. The molecule has 88 valence electrons. The molecule has 0 radical (unpaired) electrons. The first-order valence-corrected chi connectivity index (χ1v) is 6.43. The molecule has 0 fully saturated rings. The molecule has 0 aliphatic rings. The molecule has 16 heavy (non-hydrogen) atoms. The number of hydrogen-bond acceptors (Lipinski definition) is 3. The Morgan fingerprint density at radius 2 is 1.75 bits per heavy atom. The lowest BCUT2D eigenvalue weighted by Gasteiger charge is -2.15. The molecule has 0 aliphatic carbocycles. The number of rotatable bonds is 4. The van der Waals surface area contributed by atoms with E-state index in [2.05, 4.69) is 36.6 Å². The van der Waals surface area contributed by atoms with Crippen LogP contribution in [0.4, 0.5) is 0 Å². The van der Waals surface area contributed by atoms with Gasteiger partial charge in [-0.05, 0) is 17.7 Å². The standard InChI is InChI=1S/C11H12Br2O3/c1-15-8-5-3-7(4-6-8)9(12)10(13)11(14)16-2/h3-6,9-10H,1-2H3. The Hall–Kier alpha value is -0.550. The van der Waals surface area contributed by atoms with E-state index in [4.69, 9.17) is 4.74 Å². The average Bonchev–Trinajstić information content (AvgIpc) is 2.36. The van der Waals surface area contributed by atoms with Crippen molar-refractivity contribution in [3.05, 3.63) is 29.8 Å². The molecule has 0 saturated carbocycles. The lowest BCUT2D eigenvalue weighted by atomic mass is 10.1. The minimum atomic E-state index is -0.411. The second-order valence-corrected chi connectivity index (χ2v) is 5.07. The number of ether oxygens (including phenoxy) is 2. The van der Waals surface area contributed by atoms with Crippen LogP contribution in [0.2, 0.25) is 0 Å². The average molecular weight is 352 g/mol. The van der Waals surface area contributed by atoms with Gasteiger partial charge in [-0.15, -0.1) is 0 Å². The van der Waals surface area contributed by atoms with Crippen LogP contribution in [0.5, 0.6) is 5.75 Å². The van der Waals surface area contributed by atoms with E-state index in [1.54, 1.807) is 7.11 Å². The summed E-state index contributed by atoms with van der Waals surface area (Å²) in [6.45, 7) is 0. The van der Waals surface area contributed by atoms with Gasteiger partial charge >= 0.3 is 5.97 Å². The SMILES string of the molecule is COC(=O)C(Br)C(Br)c1ccc(OC)cc1. The number of carbonyl (C=O) groups excluding carboxylic acids is 1. The summed E-state index contributed by atoms with van der Waals surface area (Å²) in [7, 11) is 2.98. The van der Waals surface area contributed by atoms with Gasteiger partial charge in [-0.1, -0.05) is 44.0 Å². The molecule has 0 aliphatic heterocycles. The quantitative estimate of drug-likeness (QED) is 0.617. The van der Waals surface area contributed by atoms with Gasteiger partial charge in [-0.2, -0.15) is 0 Å². The third kappa shape index (κ3) is 3.22. The van der Waals surface area contributed by atoms with Crippen molar-refractivity contribution in [2.45, 2.75) is 9.65 Å². The summed E-state index contributed by atoms with van der Waals surface area (Å²) in [5.41, 5.74) is 0.980. The number of esters is 1. The fourth-order valence-electron chi connectivity index (χ4n) is 1.19. The van der Waals surface area contributed by atoms with E-state index in [0.717, 1.165) is 11.3 Å². The molecule has 2 atom stereocenters. The van der Waals surface area contributed by atoms with Gasteiger partial charge in [0, 0.05) is 0 Å². The van der Waals surface area contributed by atoms with Crippen molar-refractivity contribution in [2.75, 3.05) is 14.2 Å². The summed E-state index contributed by atoms with van der Waals surface area (Å²) in [4.78, 5) is 10.8. The highest BCUT2D eigenvalue weighted by Crippen LogP contribution is 2.32. The molecule has 0 spiro atoms. The summed E-state index contributed by atoms with van der Waals surface area (Å²) >= 11 is 6.74. The number of hydrogen-bond donors (Lipinski definition) is 0. The summed E-state index contributed by atoms with van der Waals surface area (Å²) in [6, 6.07) is 7.49. The molecule has 0 bridgehead atoms. The Morgan fingerprint density at radius 3 is 2.19 bits per heavy atom. The smallest absolute Gasteiger partial charge is 0.320 e. The molecule has 2 unspecified atom stereocenters. The molecular weight excluding hydrogens is 340 g/mol. The van der Waals surface area contributed by atoms with E-state index >= 15 is 0 Å². The van der Waals surface area contributed by atoms with Gasteiger partial charge in [0.1, 0.15) is 10.6 Å². The van der Waals surface area contributed by atoms with E-state index in [0.29, 0.717) is 0 Å². The first kappa shape index (κ1) is 13.5. The van der Waals surface area contributed by atoms with E-state index in [9.17, 15) is 4.79 Å². The van der Waals surface area contributed by atoms with E-state index in [-0.39, 0.29) is 10.8 Å². The minimum Gasteiger partial charge on any atom is -0.497 e. The Bertz CT molecular complexity index is 351. The largest absolute Gasteiger partial charge is 0.497 e. The molecule has 0 heterocycles. The van der Waals surface area contributed by atoms with Gasteiger partial charge in [0.25, 0.3) is 0 Å². The van der Waals surface area contributed by atoms with E-state index in [1.165, 1.54) is 7.11 Å². The summed E-state index contributed by atoms with van der Waals surface area (Å²) in [5.74, 6) is 0.477. The Kier molecular flexibility index (Phi) is 5.28. The van der Waals surface area contributed by atoms with Gasteiger partial charge < -0.3 is 9.47 Å². The molecule has 0 saturated heterocycles. The lowest BCUT2D eigenvalue weighted by molar-refractivity contribution is -0.139. The Morgan fingerprint density at radius 1 is 1.19 bits per heavy atom. The van der Waals surface area contributed by atoms with Crippen LogP contribution in [0, 0.1) is 0 Å². The molecule has 3 nitrogen and oxygen atoms in total. The maximum Gasteiger partial charge on any atom is 0.320 e. The molecule has 0 amide bonds. The zero-order chi connectivity index (χ0) is 12.1. The van der Waals surface area contributed by atoms with Crippen molar-refractivity contribution in [1.29, 1.82) is 0 Å². The van der Waals surface area contributed by atoms with Crippen molar-refractivity contribution in [3.63, 3.8) is 0 Å². The van der Waals surface area contributed by atoms with Crippen molar-refractivity contribution < 1.29 is 14.3 Å². The molecule has 1 rings (SSSR count). The van der Waals surface area contributed by atoms with Gasteiger partial charge in [-0.25, -0.2) is 0 Å². The zero-order valence-electron chi connectivity index (χ0n) is 8.94. The normalized spacial score (nSPS) is 14.0. The van der Waals surface area contributed by atoms with Crippen molar-refractivity contribution in [2.24, 2.45) is 0 Å². The van der Waals surface area contributed by atoms with Gasteiger partial charge in [0.2, 0.25) is 0 Å². The fourth-order valence-corrected chi connectivity index (χ4v) is 2.20. The van der Waals surface area contributed by atoms with Crippen LogP contribution in [-0.4, -0.2) is 25.0 Å². The zero-order valence-corrected chi connectivity index (χ0v) is 12.1. The first-order chi connectivity index (χ1) is 7.60. The van der Waals surface area contributed by atoms with Crippen LogP contribution in [0.15, 0.2) is 24.3 Å². The predicted octanol–water partition coefficient (Wildman–Crippen LogP) is 3.07. The summed E-state index contributed by atoms with van der Waals surface area (Å²) < 4.78 is 9.72. The van der Waals surface area contributed by atoms with Crippen LogP contribution in [0.3, 0.4) is 0 Å². The van der Waals surface area contributed by atoms with Gasteiger partial charge in [0.05, 0.1) is 19.0 Å². The van der Waals surface area contributed by atoms with Crippen LogP contribution in [0.1, 0.15) is 10.4 Å². The van der Waals surface area contributed by atoms with E-state index in [1.807, 2.05) is 24.3 Å². The molecule has 1 aromatic rings. The third-order valence-electron chi connectivity index (χ3n) is 2.12. The maximum atomic E-state index is 11.3. The van der Waals surface area contributed by atoms with Crippen LogP contribution in [0.25, 0.3) is 0 Å². The van der Waals surface area contributed by atoms with Crippen LogP contribution >= 0.6 is 31.9 Å². The number of alkyl halides is 2. The molecule has 5 heteroatoms. The van der Waals surface area contributed by atoms with Crippen molar-refractivity contribution in [3.8, 4) is 5.75 Å². The molecule has 0 aromatic heterocycles. The Balaban J connectivity index is 2.79. The highest BCUT2D eigenvalue weighted by atomic mass is 79.9. The fraction of sp³-hybridized carbons (Fsp3) is 0.364. The number of carbonyl (C=O) groups is 1. The van der Waals surface area contributed by atoms with Crippen molar-refractivity contribution in [1.82, 2.24) is 0 Å². The third-order valence-corrected chi connectivity index (χ3v) is 4.79. The first-order valence-electron chi connectivity index (χ1n) is 4.60. The molecule has 1 aromatic carbocycles. The highest BCUT2D eigenvalue weighted by molar-refractivity contribution is 9.12. The second-order valence-electron chi connectivity index (χ2n) is 3.10. The maximum absolute atomic E-state index is 11.3. The minimum absolute atomic E-state index is 0.133. The van der Waals surface area contributed by atoms with Gasteiger partial charge in [-0.3, -0.25) is 4.79 Å². The second kappa shape index (κ2) is 6.25. The number of methoxy groups -OCH3 is 2. The van der Waals surface area contributed by atoms with Gasteiger partial charge in [0.15, 0.2) is 0 Å². The summed E-state index contributed by atoms with van der Waals surface area (Å²) in [6.07, 6.45) is 0. The van der Waals surface area contributed by atoms with E-state index < -0.39 is 4.83 Å². The number of halogens is 2. The highest BCUT2D eigenvalue weighted by Gasteiger charge is 2.25. The molecular formula is C11H12Br2O3.